The van der Waals surface area contributed by atoms with Gasteiger partial charge in [-0.15, -0.1) is 0 Å². The third-order valence-corrected chi connectivity index (χ3v) is 2.13. The number of nitrogens with one attached hydrogen (secondary N) is 1. The SMILES string of the molecule is CCc1ccc(F)c(-c2cn[nH]n2)c1. The van der Waals surface area contributed by atoms with E-state index in [2.05, 4.69) is 15.4 Å². The van der Waals surface area contributed by atoms with Gasteiger partial charge in [0.1, 0.15) is 11.5 Å². The van der Waals surface area contributed by atoms with E-state index in [0.717, 1.165) is 12.0 Å². The summed E-state index contributed by atoms with van der Waals surface area (Å²) in [6, 6.07) is 5.04. The minimum Gasteiger partial charge on any atom is -0.206 e. The van der Waals surface area contributed by atoms with Crippen molar-refractivity contribution in [2.24, 2.45) is 0 Å². The molecule has 0 saturated carbocycles. The highest BCUT2D eigenvalue weighted by Crippen LogP contribution is 2.21. The van der Waals surface area contributed by atoms with Crippen LogP contribution in [0, 0.1) is 5.82 Å². The average Bonchev–Trinajstić information content (AvgIpc) is 2.71. The summed E-state index contributed by atoms with van der Waals surface area (Å²) in [6.07, 6.45) is 2.39. The van der Waals surface area contributed by atoms with Crippen molar-refractivity contribution < 1.29 is 4.39 Å². The number of halogens is 1. The van der Waals surface area contributed by atoms with Gasteiger partial charge >= 0.3 is 0 Å². The topological polar surface area (TPSA) is 41.6 Å². The van der Waals surface area contributed by atoms with Gasteiger partial charge in [-0.1, -0.05) is 13.0 Å². The molecule has 0 aliphatic carbocycles. The van der Waals surface area contributed by atoms with Gasteiger partial charge in [0, 0.05) is 5.56 Å². The second-order valence-electron chi connectivity index (χ2n) is 3.02. The number of hydrogen-bond acceptors (Lipinski definition) is 2. The predicted octanol–water partition coefficient (Wildman–Crippen LogP) is 2.17. The van der Waals surface area contributed by atoms with Gasteiger partial charge in [-0.3, -0.25) is 0 Å². The zero-order valence-electron chi connectivity index (χ0n) is 7.79. The Hall–Kier alpha value is -1.71. The van der Waals surface area contributed by atoms with Crippen molar-refractivity contribution in [3.05, 3.63) is 35.8 Å². The van der Waals surface area contributed by atoms with Crippen molar-refractivity contribution in [2.75, 3.05) is 0 Å². The number of aromatic amines is 1. The summed E-state index contributed by atoms with van der Waals surface area (Å²) in [5.41, 5.74) is 2.13. The van der Waals surface area contributed by atoms with Crippen molar-refractivity contribution in [2.45, 2.75) is 13.3 Å². The maximum Gasteiger partial charge on any atom is 0.132 e. The average molecular weight is 191 g/mol. The summed E-state index contributed by atoms with van der Waals surface area (Å²) in [5.74, 6) is -0.267. The van der Waals surface area contributed by atoms with Crippen LogP contribution in [0.4, 0.5) is 4.39 Å². The number of H-pyrrole nitrogens is 1. The molecule has 0 fully saturated rings. The lowest BCUT2D eigenvalue weighted by Crippen LogP contribution is -1.88. The van der Waals surface area contributed by atoms with E-state index in [0.29, 0.717) is 11.3 Å². The highest BCUT2D eigenvalue weighted by atomic mass is 19.1. The molecule has 0 aliphatic rings. The Morgan fingerprint density at radius 2 is 2.29 bits per heavy atom. The Labute approximate surface area is 81.0 Å². The van der Waals surface area contributed by atoms with Crippen LogP contribution in [0.25, 0.3) is 11.3 Å². The zero-order valence-corrected chi connectivity index (χ0v) is 7.79. The standard InChI is InChI=1S/C10H10FN3/c1-2-7-3-4-9(11)8(5-7)10-6-12-14-13-10/h3-6H,2H2,1H3,(H,12,13,14). The molecule has 0 aliphatic heterocycles. The summed E-state index contributed by atoms with van der Waals surface area (Å²) < 4.78 is 13.4. The number of aryl methyl sites for hydroxylation is 1. The molecule has 1 N–H and O–H groups in total. The number of benzene rings is 1. The van der Waals surface area contributed by atoms with Gasteiger partial charge in [-0.2, -0.15) is 15.4 Å². The number of hydrogen-bond donors (Lipinski definition) is 1. The molecule has 14 heavy (non-hydrogen) atoms. The van der Waals surface area contributed by atoms with Crippen LogP contribution in [0.1, 0.15) is 12.5 Å². The third-order valence-electron chi connectivity index (χ3n) is 2.13. The van der Waals surface area contributed by atoms with Crippen LogP contribution in [0.15, 0.2) is 24.4 Å². The van der Waals surface area contributed by atoms with Crippen LogP contribution in [-0.4, -0.2) is 15.4 Å². The summed E-state index contributed by atoms with van der Waals surface area (Å²) >= 11 is 0. The first kappa shape index (κ1) is 8.87. The van der Waals surface area contributed by atoms with Crippen LogP contribution in [0.5, 0.6) is 0 Å². The van der Waals surface area contributed by atoms with E-state index in [1.54, 1.807) is 12.1 Å². The monoisotopic (exact) mass is 191 g/mol. The molecule has 1 aromatic heterocycles. The molecule has 2 aromatic rings. The highest BCUT2D eigenvalue weighted by molar-refractivity contribution is 5.59. The predicted molar refractivity (Wildman–Crippen MR) is 51.2 cm³/mol. The van der Waals surface area contributed by atoms with Gasteiger partial charge in [0.2, 0.25) is 0 Å². The van der Waals surface area contributed by atoms with Gasteiger partial charge in [0.05, 0.1) is 6.20 Å². The van der Waals surface area contributed by atoms with Gasteiger partial charge < -0.3 is 0 Å². The Bertz CT molecular complexity index is 423. The molecule has 3 nitrogen and oxygen atoms in total. The fraction of sp³-hybridized carbons (Fsp3) is 0.200. The second-order valence-corrected chi connectivity index (χ2v) is 3.02. The fourth-order valence-electron chi connectivity index (χ4n) is 1.32. The van der Waals surface area contributed by atoms with Crippen LogP contribution in [0.3, 0.4) is 0 Å². The fourth-order valence-corrected chi connectivity index (χ4v) is 1.32. The van der Waals surface area contributed by atoms with Crippen LogP contribution >= 0.6 is 0 Å². The maximum absolute atomic E-state index is 13.4. The van der Waals surface area contributed by atoms with Crippen molar-refractivity contribution in [1.29, 1.82) is 0 Å². The van der Waals surface area contributed by atoms with Crippen LogP contribution in [0.2, 0.25) is 0 Å². The Morgan fingerprint density at radius 1 is 1.43 bits per heavy atom. The first-order chi connectivity index (χ1) is 6.81. The lowest BCUT2D eigenvalue weighted by Gasteiger charge is -2.01. The summed E-state index contributed by atoms with van der Waals surface area (Å²) in [5, 5.41) is 9.97. The number of aromatic nitrogens is 3. The second kappa shape index (κ2) is 3.57. The minimum absolute atomic E-state index is 0.267. The highest BCUT2D eigenvalue weighted by Gasteiger charge is 2.07. The molecule has 0 spiro atoms. The molecular formula is C10H10FN3. The molecule has 0 radical (unpaired) electrons. The Balaban J connectivity index is 2.51. The molecular weight excluding hydrogens is 181 g/mol. The Kier molecular flexibility index (Phi) is 2.26. The molecule has 72 valence electrons. The third kappa shape index (κ3) is 1.51. The molecule has 0 saturated heterocycles. The zero-order chi connectivity index (χ0) is 9.97. The van der Waals surface area contributed by atoms with Crippen LogP contribution < -0.4 is 0 Å². The first-order valence-corrected chi connectivity index (χ1v) is 4.46. The quantitative estimate of drug-likeness (QED) is 0.790. The first-order valence-electron chi connectivity index (χ1n) is 4.46. The van der Waals surface area contributed by atoms with Gasteiger partial charge in [-0.25, -0.2) is 4.39 Å². The summed E-state index contributed by atoms with van der Waals surface area (Å²) in [6.45, 7) is 2.03. The lowest BCUT2D eigenvalue weighted by atomic mass is 10.1. The molecule has 4 heteroatoms. The molecule has 0 unspecified atom stereocenters. The van der Waals surface area contributed by atoms with Crippen molar-refractivity contribution in [3.63, 3.8) is 0 Å². The van der Waals surface area contributed by atoms with E-state index in [1.807, 2.05) is 6.92 Å². The lowest BCUT2D eigenvalue weighted by molar-refractivity contribution is 0.630. The summed E-state index contributed by atoms with van der Waals surface area (Å²) in [7, 11) is 0. The molecule has 1 aromatic carbocycles. The van der Waals surface area contributed by atoms with E-state index < -0.39 is 0 Å². The molecule has 0 bridgehead atoms. The van der Waals surface area contributed by atoms with Gasteiger partial charge in [0.25, 0.3) is 0 Å². The minimum atomic E-state index is -0.267. The number of rotatable bonds is 2. The van der Waals surface area contributed by atoms with E-state index >= 15 is 0 Å². The normalized spacial score (nSPS) is 10.4. The Morgan fingerprint density at radius 3 is 2.93 bits per heavy atom. The van der Waals surface area contributed by atoms with E-state index in [9.17, 15) is 4.39 Å². The van der Waals surface area contributed by atoms with Crippen molar-refractivity contribution >= 4 is 0 Å². The van der Waals surface area contributed by atoms with Gasteiger partial charge in [0.15, 0.2) is 0 Å². The molecule has 0 atom stereocenters. The molecule has 2 rings (SSSR count). The van der Waals surface area contributed by atoms with E-state index in [1.165, 1.54) is 12.3 Å². The van der Waals surface area contributed by atoms with Crippen molar-refractivity contribution in [3.8, 4) is 11.3 Å². The van der Waals surface area contributed by atoms with Crippen molar-refractivity contribution in [1.82, 2.24) is 15.4 Å². The largest absolute Gasteiger partial charge is 0.206 e. The van der Waals surface area contributed by atoms with E-state index in [4.69, 9.17) is 0 Å². The van der Waals surface area contributed by atoms with Gasteiger partial charge in [-0.05, 0) is 24.1 Å². The van der Waals surface area contributed by atoms with E-state index in [-0.39, 0.29) is 5.82 Å². The molecule has 1 heterocycles. The maximum atomic E-state index is 13.4. The summed E-state index contributed by atoms with van der Waals surface area (Å²) in [4.78, 5) is 0. The molecule has 0 amide bonds. The number of nitrogens with zero attached hydrogens (tertiary/aromatic N) is 2. The smallest absolute Gasteiger partial charge is 0.132 e. The van der Waals surface area contributed by atoms with Crippen LogP contribution in [-0.2, 0) is 6.42 Å².